The van der Waals surface area contributed by atoms with E-state index in [1.807, 2.05) is 18.2 Å². The van der Waals surface area contributed by atoms with E-state index in [1.54, 1.807) is 31.7 Å². The molecule has 4 rings (SSSR count). The molecule has 3 aromatic rings. The Morgan fingerprint density at radius 3 is 2.52 bits per heavy atom. The second kappa shape index (κ2) is 7.83. The number of nitrogens with zero attached hydrogens (tertiary/aromatic N) is 1. The third kappa shape index (κ3) is 3.96. The highest BCUT2D eigenvalue weighted by molar-refractivity contribution is 7.13. The molecule has 1 aliphatic carbocycles. The number of benzene rings is 2. The van der Waals surface area contributed by atoms with E-state index in [9.17, 15) is 9.18 Å². The number of carbonyl (C=O) groups excluding carboxylic acids is 1. The van der Waals surface area contributed by atoms with Gasteiger partial charge in [-0.25, -0.2) is 9.37 Å². The average molecular weight is 412 g/mol. The van der Waals surface area contributed by atoms with Crippen LogP contribution in [0.2, 0.25) is 0 Å². The van der Waals surface area contributed by atoms with Crippen LogP contribution in [0.4, 0.5) is 4.39 Å². The molecule has 2 aromatic carbocycles. The van der Waals surface area contributed by atoms with Gasteiger partial charge in [-0.3, -0.25) is 4.79 Å². The summed E-state index contributed by atoms with van der Waals surface area (Å²) in [4.78, 5) is 17.1. The number of rotatable bonds is 7. The Balaban J connectivity index is 1.44. The lowest BCUT2D eigenvalue weighted by Gasteiger charge is -2.16. The first-order chi connectivity index (χ1) is 14.0. The number of thiazole rings is 1. The monoisotopic (exact) mass is 412 g/mol. The summed E-state index contributed by atoms with van der Waals surface area (Å²) in [6.45, 7) is 0.515. The lowest BCUT2D eigenvalue weighted by atomic mass is 9.96. The Morgan fingerprint density at radius 2 is 1.86 bits per heavy atom. The van der Waals surface area contributed by atoms with E-state index in [-0.39, 0.29) is 17.1 Å². The fourth-order valence-electron chi connectivity index (χ4n) is 3.34. The largest absolute Gasteiger partial charge is 0.493 e. The predicted molar refractivity (Wildman–Crippen MR) is 110 cm³/mol. The molecule has 150 valence electrons. The molecule has 0 bridgehead atoms. The quantitative estimate of drug-likeness (QED) is 0.624. The van der Waals surface area contributed by atoms with Crippen LogP contribution in [0, 0.1) is 5.82 Å². The fraction of sp³-hybridized carbons (Fsp3) is 0.273. The molecule has 0 spiro atoms. The van der Waals surface area contributed by atoms with Crippen molar-refractivity contribution < 1.29 is 18.7 Å². The minimum Gasteiger partial charge on any atom is -0.493 e. The molecule has 7 heteroatoms. The summed E-state index contributed by atoms with van der Waals surface area (Å²) >= 11 is 1.40. The molecule has 1 fully saturated rings. The highest BCUT2D eigenvalue weighted by Crippen LogP contribution is 2.47. The number of aromatic nitrogens is 1. The molecule has 29 heavy (non-hydrogen) atoms. The number of ether oxygens (including phenoxy) is 2. The molecule has 1 aromatic heterocycles. The lowest BCUT2D eigenvalue weighted by molar-refractivity contribution is 0.0945. The predicted octanol–water partition coefficient (Wildman–Crippen LogP) is 4.43. The maximum absolute atomic E-state index is 13.2. The Bertz CT molecular complexity index is 1030. The van der Waals surface area contributed by atoms with Crippen LogP contribution in [-0.2, 0) is 5.41 Å². The summed E-state index contributed by atoms with van der Waals surface area (Å²) < 4.78 is 23.8. The van der Waals surface area contributed by atoms with Gasteiger partial charge in [-0.05, 0) is 48.7 Å². The number of halogens is 1. The third-order valence-corrected chi connectivity index (χ3v) is 6.16. The van der Waals surface area contributed by atoms with E-state index < -0.39 is 0 Å². The number of carbonyl (C=O) groups is 1. The Labute approximate surface area is 172 Å². The highest BCUT2D eigenvalue weighted by atomic mass is 32.1. The van der Waals surface area contributed by atoms with Crippen LogP contribution in [0.15, 0.2) is 47.8 Å². The highest BCUT2D eigenvalue weighted by Gasteiger charge is 2.44. The van der Waals surface area contributed by atoms with Crippen LogP contribution in [0.3, 0.4) is 0 Å². The van der Waals surface area contributed by atoms with Gasteiger partial charge in [0.05, 0.1) is 14.2 Å². The first-order valence-electron chi connectivity index (χ1n) is 9.27. The maximum Gasteiger partial charge on any atom is 0.270 e. The van der Waals surface area contributed by atoms with Gasteiger partial charge in [-0.2, -0.15) is 0 Å². The topological polar surface area (TPSA) is 60.5 Å². The van der Waals surface area contributed by atoms with Gasteiger partial charge in [0, 0.05) is 22.9 Å². The summed E-state index contributed by atoms with van der Waals surface area (Å²) in [7, 11) is 3.17. The SMILES string of the molecule is COc1ccc(-c2nc(C(=O)NCC3(c4ccc(F)cc4)CC3)cs2)cc1OC. The summed E-state index contributed by atoms with van der Waals surface area (Å²) in [5.41, 5.74) is 2.21. The van der Waals surface area contributed by atoms with E-state index in [2.05, 4.69) is 10.3 Å². The lowest BCUT2D eigenvalue weighted by Crippen LogP contribution is -2.32. The Kier molecular flexibility index (Phi) is 5.24. The summed E-state index contributed by atoms with van der Waals surface area (Å²) in [5, 5.41) is 5.47. The molecule has 1 saturated carbocycles. The van der Waals surface area contributed by atoms with Crippen molar-refractivity contribution in [2.75, 3.05) is 20.8 Å². The van der Waals surface area contributed by atoms with Gasteiger partial charge >= 0.3 is 0 Å². The molecule has 1 amide bonds. The fourth-order valence-corrected chi connectivity index (χ4v) is 4.14. The van der Waals surface area contributed by atoms with Gasteiger partial charge in [-0.15, -0.1) is 11.3 Å². The number of hydrogen-bond acceptors (Lipinski definition) is 5. The number of methoxy groups -OCH3 is 2. The van der Waals surface area contributed by atoms with Crippen molar-refractivity contribution in [2.45, 2.75) is 18.3 Å². The van der Waals surface area contributed by atoms with Crippen LogP contribution in [-0.4, -0.2) is 31.7 Å². The van der Waals surface area contributed by atoms with Gasteiger partial charge in [0.25, 0.3) is 5.91 Å². The van der Waals surface area contributed by atoms with Crippen molar-refractivity contribution in [3.05, 3.63) is 64.9 Å². The van der Waals surface area contributed by atoms with Crippen molar-refractivity contribution in [1.82, 2.24) is 10.3 Å². The molecule has 0 radical (unpaired) electrons. The Morgan fingerprint density at radius 1 is 1.14 bits per heavy atom. The van der Waals surface area contributed by atoms with Gasteiger partial charge < -0.3 is 14.8 Å². The molecule has 5 nitrogen and oxygen atoms in total. The Hall–Kier alpha value is -2.93. The smallest absolute Gasteiger partial charge is 0.270 e. The van der Waals surface area contributed by atoms with Crippen molar-refractivity contribution in [3.8, 4) is 22.1 Å². The van der Waals surface area contributed by atoms with Gasteiger partial charge in [0.2, 0.25) is 0 Å². The second-order valence-electron chi connectivity index (χ2n) is 7.08. The number of nitrogens with one attached hydrogen (secondary N) is 1. The summed E-state index contributed by atoms with van der Waals surface area (Å²) in [5.74, 6) is 0.794. The molecular formula is C22H21FN2O3S. The standard InChI is InChI=1S/C22H21FN2O3S/c1-27-18-8-3-14(11-19(18)28-2)21-25-17(12-29-21)20(26)24-13-22(9-10-22)15-4-6-16(23)7-5-15/h3-8,11-12H,9-10,13H2,1-2H3,(H,24,26). The van der Waals surface area contributed by atoms with E-state index in [1.165, 1.54) is 23.5 Å². The van der Waals surface area contributed by atoms with Crippen molar-refractivity contribution in [1.29, 1.82) is 0 Å². The molecule has 0 saturated heterocycles. The first-order valence-corrected chi connectivity index (χ1v) is 10.1. The maximum atomic E-state index is 13.2. The van der Waals surface area contributed by atoms with Crippen LogP contribution < -0.4 is 14.8 Å². The van der Waals surface area contributed by atoms with E-state index in [4.69, 9.17) is 9.47 Å². The minimum absolute atomic E-state index is 0.0917. The molecule has 0 atom stereocenters. The van der Waals surface area contributed by atoms with Crippen LogP contribution in [0.25, 0.3) is 10.6 Å². The molecule has 0 aliphatic heterocycles. The van der Waals surface area contributed by atoms with Crippen LogP contribution in [0.5, 0.6) is 11.5 Å². The molecule has 1 aliphatic rings. The zero-order valence-electron chi connectivity index (χ0n) is 16.2. The van der Waals surface area contributed by atoms with Crippen LogP contribution >= 0.6 is 11.3 Å². The molecule has 1 heterocycles. The van der Waals surface area contributed by atoms with Gasteiger partial charge in [-0.1, -0.05) is 12.1 Å². The van der Waals surface area contributed by atoms with E-state index in [0.717, 1.165) is 29.0 Å². The molecule has 1 N–H and O–H groups in total. The van der Waals surface area contributed by atoms with Crippen LogP contribution in [0.1, 0.15) is 28.9 Å². The van der Waals surface area contributed by atoms with Crippen molar-refractivity contribution in [3.63, 3.8) is 0 Å². The zero-order chi connectivity index (χ0) is 20.4. The van der Waals surface area contributed by atoms with Gasteiger partial charge in [0.1, 0.15) is 16.5 Å². The first kappa shape index (κ1) is 19.4. The minimum atomic E-state index is -0.251. The summed E-state index contributed by atoms with van der Waals surface area (Å²) in [6, 6.07) is 12.1. The van der Waals surface area contributed by atoms with Gasteiger partial charge in [0.15, 0.2) is 11.5 Å². The normalized spacial score (nSPS) is 14.3. The third-order valence-electron chi connectivity index (χ3n) is 5.26. The number of amides is 1. The second-order valence-corrected chi connectivity index (χ2v) is 7.94. The van der Waals surface area contributed by atoms with Crippen molar-refractivity contribution in [2.24, 2.45) is 0 Å². The zero-order valence-corrected chi connectivity index (χ0v) is 17.0. The molecule has 0 unspecified atom stereocenters. The van der Waals surface area contributed by atoms with E-state index >= 15 is 0 Å². The van der Waals surface area contributed by atoms with E-state index in [0.29, 0.717) is 23.7 Å². The van der Waals surface area contributed by atoms with Crippen molar-refractivity contribution >= 4 is 17.2 Å². The average Bonchev–Trinajstić information content (AvgIpc) is 3.38. The molecular weight excluding hydrogens is 391 g/mol. The summed E-state index contributed by atoms with van der Waals surface area (Å²) in [6.07, 6.45) is 1.96. The number of hydrogen-bond donors (Lipinski definition) is 1.